The van der Waals surface area contributed by atoms with Crippen molar-refractivity contribution >= 4 is 28.6 Å². The zero-order chi connectivity index (χ0) is 19.7. The summed E-state index contributed by atoms with van der Waals surface area (Å²) in [6.07, 6.45) is 3.02. The number of carbonyl (C=O) groups excluding carboxylic acids is 2. The van der Waals surface area contributed by atoms with E-state index in [1.807, 2.05) is 4.90 Å². The number of ether oxygens (including phenoxy) is 1. The van der Waals surface area contributed by atoms with Crippen molar-refractivity contribution in [3.63, 3.8) is 0 Å². The molecule has 1 aliphatic heterocycles. The lowest BCUT2D eigenvalue weighted by Crippen LogP contribution is -2.35. The molecule has 28 heavy (non-hydrogen) atoms. The van der Waals surface area contributed by atoms with E-state index in [0.29, 0.717) is 24.3 Å². The van der Waals surface area contributed by atoms with Crippen LogP contribution in [0, 0.1) is 0 Å². The van der Waals surface area contributed by atoms with E-state index in [9.17, 15) is 9.59 Å². The molecule has 2 amide bonds. The molecule has 144 valence electrons. The van der Waals surface area contributed by atoms with Crippen molar-refractivity contribution in [1.29, 1.82) is 0 Å². The summed E-state index contributed by atoms with van der Waals surface area (Å²) in [5, 5.41) is 4.18. The van der Waals surface area contributed by atoms with Gasteiger partial charge in [0.2, 0.25) is 0 Å². The van der Waals surface area contributed by atoms with Crippen LogP contribution in [0.25, 0.3) is 10.9 Å². The van der Waals surface area contributed by atoms with E-state index in [-0.39, 0.29) is 6.03 Å². The average Bonchev–Trinajstić information content (AvgIpc) is 2.97. The summed E-state index contributed by atoms with van der Waals surface area (Å²) < 4.78 is 7.01. The van der Waals surface area contributed by atoms with E-state index in [4.69, 9.17) is 4.74 Å². The molecular weight excluding hydrogens is 354 g/mol. The van der Waals surface area contributed by atoms with Crippen LogP contribution in [0.3, 0.4) is 0 Å². The number of rotatable bonds is 3. The SMILES string of the molecule is CCn1cc2c3c(cccc31)CN(C(=O)Nc1cccc(C(=O)OC)c1)CC2. The molecule has 0 fully saturated rings. The third kappa shape index (κ3) is 3.22. The van der Waals surface area contributed by atoms with Gasteiger partial charge in [-0.2, -0.15) is 0 Å². The Hall–Kier alpha value is -3.28. The summed E-state index contributed by atoms with van der Waals surface area (Å²) in [7, 11) is 1.34. The van der Waals surface area contributed by atoms with E-state index in [1.54, 1.807) is 24.3 Å². The predicted molar refractivity (Wildman–Crippen MR) is 109 cm³/mol. The first-order valence-electron chi connectivity index (χ1n) is 9.44. The average molecular weight is 377 g/mol. The molecule has 0 atom stereocenters. The minimum atomic E-state index is -0.426. The minimum Gasteiger partial charge on any atom is -0.465 e. The number of hydrogen-bond acceptors (Lipinski definition) is 3. The number of aromatic nitrogens is 1. The van der Waals surface area contributed by atoms with Crippen LogP contribution in [0.5, 0.6) is 0 Å². The highest BCUT2D eigenvalue weighted by molar-refractivity contribution is 5.94. The van der Waals surface area contributed by atoms with Gasteiger partial charge in [-0.3, -0.25) is 0 Å². The number of methoxy groups -OCH3 is 1. The maximum Gasteiger partial charge on any atom is 0.337 e. The Morgan fingerprint density at radius 2 is 1.96 bits per heavy atom. The molecule has 0 saturated heterocycles. The highest BCUT2D eigenvalue weighted by Gasteiger charge is 2.22. The van der Waals surface area contributed by atoms with Gasteiger partial charge < -0.3 is 19.5 Å². The molecule has 2 aromatic carbocycles. The second kappa shape index (κ2) is 7.38. The third-order valence-electron chi connectivity index (χ3n) is 5.25. The molecule has 6 nitrogen and oxygen atoms in total. The van der Waals surface area contributed by atoms with E-state index in [1.165, 1.54) is 23.6 Å². The quantitative estimate of drug-likeness (QED) is 0.701. The van der Waals surface area contributed by atoms with Gasteiger partial charge in [0.15, 0.2) is 0 Å². The molecule has 0 saturated carbocycles. The molecule has 0 radical (unpaired) electrons. The Labute approximate surface area is 163 Å². The van der Waals surface area contributed by atoms with Crippen LogP contribution in [-0.4, -0.2) is 35.1 Å². The van der Waals surface area contributed by atoms with E-state index in [2.05, 4.69) is 41.2 Å². The number of aryl methyl sites for hydroxylation is 1. The third-order valence-corrected chi connectivity index (χ3v) is 5.25. The molecule has 0 spiro atoms. The molecule has 0 unspecified atom stereocenters. The second-order valence-electron chi connectivity index (χ2n) is 6.93. The van der Waals surface area contributed by atoms with Crippen LogP contribution in [0.1, 0.15) is 28.4 Å². The van der Waals surface area contributed by atoms with Crippen LogP contribution >= 0.6 is 0 Å². The van der Waals surface area contributed by atoms with Gasteiger partial charge in [-0.05, 0) is 48.7 Å². The van der Waals surface area contributed by atoms with Crippen molar-refractivity contribution in [2.45, 2.75) is 26.4 Å². The largest absolute Gasteiger partial charge is 0.465 e. The molecule has 3 aromatic rings. The Morgan fingerprint density at radius 3 is 2.75 bits per heavy atom. The number of hydrogen-bond donors (Lipinski definition) is 1. The fourth-order valence-electron chi connectivity index (χ4n) is 3.86. The number of esters is 1. The zero-order valence-corrected chi connectivity index (χ0v) is 16.1. The maximum absolute atomic E-state index is 12.9. The van der Waals surface area contributed by atoms with Crippen LogP contribution in [0.2, 0.25) is 0 Å². The Morgan fingerprint density at radius 1 is 1.14 bits per heavy atom. The molecule has 0 aliphatic carbocycles. The lowest BCUT2D eigenvalue weighted by atomic mass is 10.1. The first-order valence-corrected chi connectivity index (χ1v) is 9.44. The number of amides is 2. The van der Waals surface area contributed by atoms with E-state index >= 15 is 0 Å². The standard InChI is InChI=1S/C22H23N3O3/c1-3-24-13-17-10-11-25(14-16-7-5-9-19(24)20(16)17)22(27)23-18-8-4-6-15(12-18)21(26)28-2/h4-9,12-13H,3,10-11,14H2,1-2H3,(H,23,27). The van der Waals surface area contributed by atoms with Crippen LogP contribution < -0.4 is 5.32 Å². The highest BCUT2D eigenvalue weighted by atomic mass is 16.5. The van der Waals surface area contributed by atoms with Gasteiger partial charge in [0.05, 0.1) is 12.7 Å². The molecular formula is C22H23N3O3. The Balaban J connectivity index is 1.56. The van der Waals surface area contributed by atoms with Crippen molar-refractivity contribution in [3.05, 3.63) is 65.4 Å². The summed E-state index contributed by atoms with van der Waals surface area (Å²) in [6.45, 7) is 4.27. The number of nitrogens with one attached hydrogen (secondary N) is 1. The first-order chi connectivity index (χ1) is 13.6. The van der Waals surface area contributed by atoms with Gasteiger partial charge >= 0.3 is 12.0 Å². The monoisotopic (exact) mass is 377 g/mol. The van der Waals surface area contributed by atoms with Crippen LogP contribution in [0.4, 0.5) is 10.5 Å². The minimum absolute atomic E-state index is 0.174. The normalized spacial score (nSPS) is 13.3. The fourth-order valence-corrected chi connectivity index (χ4v) is 3.86. The van der Waals surface area contributed by atoms with Crippen molar-refractivity contribution in [3.8, 4) is 0 Å². The fraction of sp³-hybridized carbons (Fsp3) is 0.273. The van der Waals surface area contributed by atoms with Crippen molar-refractivity contribution < 1.29 is 14.3 Å². The van der Waals surface area contributed by atoms with Crippen LogP contribution in [-0.2, 0) is 24.2 Å². The first kappa shape index (κ1) is 18.1. The van der Waals surface area contributed by atoms with Crippen molar-refractivity contribution in [1.82, 2.24) is 9.47 Å². The summed E-state index contributed by atoms with van der Waals surface area (Å²) in [5.74, 6) is -0.426. The summed E-state index contributed by atoms with van der Waals surface area (Å²) in [6, 6.07) is 12.9. The van der Waals surface area contributed by atoms with Gasteiger partial charge in [0.1, 0.15) is 0 Å². The number of carbonyl (C=O) groups is 2. The van der Waals surface area contributed by atoms with Gasteiger partial charge in [0, 0.05) is 42.4 Å². The molecule has 4 rings (SSSR count). The predicted octanol–water partition coefficient (Wildman–Crippen LogP) is 4.04. The lowest BCUT2D eigenvalue weighted by Gasteiger charge is -2.22. The smallest absolute Gasteiger partial charge is 0.337 e. The Kier molecular flexibility index (Phi) is 4.77. The number of urea groups is 1. The summed E-state index contributed by atoms with van der Waals surface area (Å²) in [4.78, 5) is 26.4. The van der Waals surface area contributed by atoms with Gasteiger partial charge in [0.25, 0.3) is 0 Å². The number of anilines is 1. The van der Waals surface area contributed by atoms with Crippen molar-refractivity contribution in [2.24, 2.45) is 0 Å². The van der Waals surface area contributed by atoms with Crippen molar-refractivity contribution in [2.75, 3.05) is 19.0 Å². The molecule has 1 N–H and O–H groups in total. The number of nitrogens with zero attached hydrogens (tertiary/aromatic N) is 2. The summed E-state index contributed by atoms with van der Waals surface area (Å²) in [5.41, 5.74) is 4.66. The van der Waals surface area contributed by atoms with E-state index in [0.717, 1.165) is 18.5 Å². The Bertz CT molecular complexity index is 1050. The molecule has 0 bridgehead atoms. The second-order valence-corrected chi connectivity index (χ2v) is 6.93. The highest BCUT2D eigenvalue weighted by Crippen LogP contribution is 2.29. The van der Waals surface area contributed by atoms with E-state index < -0.39 is 5.97 Å². The molecule has 2 heterocycles. The summed E-state index contributed by atoms with van der Waals surface area (Å²) >= 11 is 0. The van der Waals surface area contributed by atoms with Gasteiger partial charge in [-0.1, -0.05) is 18.2 Å². The topological polar surface area (TPSA) is 63.6 Å². The lowest BCUT2D eigenvalue weighted by molar-refractivity contribution is 0.0600. The van der Waals surface area contributed by atoms with Crippen LogP contribution in [0.15, 0.2) is 48.7 Å². The van der Waals surface area contributed by atoms with Gasteiger partial charge in [-0.15, -0.1) is 0 Å². The maximum atomic E-state index is 12.9. The zero-order valence-electron chi connectivity index (χ0n) is 16.1. The molecule has 1 aliphatic rings. The number of benzene rings is 2. The molecule has 6 heteroatoms. The van der Waals surface area contributed by atoms with Gasteiger partial charge in [-0.25, -0.2) is 9.59 Å². The molecule has 1 aromatic heterocycles.